The molecule has 0 unspecified atom stereocenters. The van der Waals surface area contributed by atoms with Gasteiger partial charge in [0.25, 0.3) is 0 Å². The Bertz CT molecular complexity index is 576. The summed E-state index contributed by atoms with van der Waals surface area (Å²) < 4.78 is 0. The van der Waals surface area contributed by atoms with Crippen molar-refractivity contribution in [1.29, 1.82) is 0 Å². The van der Waals surface area contributed by atoms with Gasteiger partial charge in [-0.1, -0.05) is 35.3 Å². The monoisotopic (exact) mass is 320 g/mol. The van der Waals surface area contributed by atoms with E-state index >= 15 is 0 Å². The Kier molecular flexibility index (Phi) is 7.27. The molecule has 86 valence electrons. The molecule has 18 heavy (non-hydrogen) atoms. The maximum atomic E-state index is 6.04. The second-order valence-corrected chi connectivity index (χ2v) is 4.47. The van der Waals surface area contributed by atoms with E-state index in [9.17, 15) is 0 Å². The number of halogens is 2. The van der Waals surface area contributed by atoms with Crippen molar-refractivity contribution in [2.75, 3.05) is 0 Å². The zero-order chi connectivity index (χ0) is 12.3. The molecule has 0 aliphatic heterocycles. The minimum Gasteiger partial charge on any atom is -0.740 e. The fourth-order valence-electron chi connectivity index (χ4n) is 1.26. The van der Waals surface area contributed by atoms with E-state index in [0.717, 1.165) is 11.3 Å². The standard InChI is InChI=1S/C12H8Cl2N2S.K/c13-9-3-1-8(11(14)7-9)2-4-10-5-6-15-12(17)16-10;/h1-7H,(H,15,16,17);/q;+1/p-1/b4-2+;. The van der Waals surface area contributed by atoms with Gasteiger partial charge in [0.05, 0.1) is 5.69 Å². The molecule has 0 radical (unpaired) electrons. The van der Waals surface area contributed by atoms with Crippen molar-refractivity contribution in [2.24, 2.45) is 0 Å². The van der Waals surface area contributed by atoms with Crippen LogP contribution in [0.1, 0.15) is 11.3 Å². The van der Waals surface area contributed by atoms with Crippen LogP contribution in [-0.4, -0.2) is 9.97 Å². The van der Waals surface area contributed by atoms with E-state index in [1.54, 1.807) is 24.4 Å². The topological polar surface area (TPSA) is 25.8 Å². The molecule has 2 aromatic rings. The first-order valence-electron chi connectivity index (χ1n) is 4.78. The number of aromatic nitrogens is 2. The summed E-state index contributed by atoms with van der Waals surface area (Å²) in [4.78, 5) is 7.93. The van der Waals surface area contributed by atoms with Gasteiger partial charge in [0.15, 0.2) is 0 Å². The average Bonchev–Trinajstić information content (AvgIpc) is 2.28. The smallest absolute Gasteiger partial charge is 0.740 e. The van der Waals surface area contributed by atoms with Crippen molar-refractivity contribution in [3.8, 4) is 0 Å². The van der Waals surface area contributed by atoms with E-state index < -0.39 is 0 Å². The fraction of sp³-hybridized carbons (Fsp3) is 0. The summed E-state index contributed by atoms with van der Waals surface area (Å²) in [7, 11) is 0. The summed E-state index contributed by atoms with van der Waals surface area (Å²) in [5, 5.41) is 1.54. The van der Waals surface area contributed by atoms with Crippen LogP contribution in [0.4, 0.5) is 0 Å². The number of nitrogens with zero attached hydrogens (tertiary/aromatic N) is 2. The SMILES string of the molecule is [K+].[S-]c1nccc(/C=C/c2ccc(Cl)cc2Cl)n1. The Morgan fingerprint density at radius 1 is 1.11 bits per heavy atom. The van der Waals surface area contributed by atoms with Gasteiger partial charge in [-0.15, -0.1) is 0 Å². The van der Waals surface area contributed by atoms with Crippen molar-refractivity contribution in [2.45, 2.75) is 5.16 Å². The van der Waals surface area contributed by atoms with Gasteiger partial charge < -0.3 is 12.6 Å². The van der Waals surface area contributed by atoms with E-state index in [1.165, 1.54) is 0 Å². The van der Waals surface area contributed by atoms with E-state index in [1.807, 2.05) is 18.2 Å². The van der Waals surface area contributed by atoms with Crippen molar-refractivity contribution in [3.05, 3.63) is 51.8 Å². The molecule has 2 nitrogen and oxygen atoms in total. The van der Waals surface area contributed by atoms with Crippen LogP contribution in [0.5, 0.6) is 0 Å². The Hall–Kier alpha value is 0.476. The van der Waals surface area contributed by atoms with Gasteiger partial charge in [0.1, 0.15) is 0 Å². The molecule has 0 amide bonds. The molecule has 0 N–H and O–H groups in total. The summed E-state index contributed by atoms with van der Waals surface area (Å²) in [6, 6.07) is 7.10. The van der Waals surface area contributed by atoms with Crippen molar-refractivity contribution in [1.82, 2.24) is 9.97 Å². The van der Waals surface area contributed by atoms with Crippen LogP contribution in [0.3, 0.4) is 0 Å². The minimum atomic E-state index is 0. The largest absolute Gasteiger partial charge is 1.00 e. The first-order valence-corrected chi connectivity index (χ1v) is 5.95. The molecule has 0 saturated carbocycles. The maximum absolute atomic E-state index is 6.04. The second-order valence-electron chi connectivity index (χ2n) is 3.26. The van der Waals surface area contributed by atoms with Crippen LogP contribution in [0.15, 0.2) is 35.6 Å². The van der Waals surface area contributed by atoms with Gasteiger partial charge in [0.2, 0.25) is 0 Å². The van der Waals surface area contributed by atoms with Crippen LogP contribution in [-0.2, 0) is 12.6 Å². The molecule has 1 heterocycles. The Balaban J connectivity index is 0.00000162. The minimum absolute atomic E-state index is 0. The number of hydrogen-bond donors (Lipinski definition) is 0. The Morgan fingerprint density at radius 3 is 2.56 bits per heavy atom. The summed E-state index contributed by atoms with van der Waals surface area (Å²) in [6.45, 7) is 0. The Morgan fingerprint density at radius 2 is 1.89 bits per heavy atom. The maximum Gasteiger partial charge on any atom is 1.00 e. The van der Waals surface area contributed by atoms with Gasteiger partial charge >= 0.3 is 51.4 Å². The quantitative estimate of drug-likeness (QED) is 0.466. The van der Waals surface area contributed by atoms with Crippen molar-refractivity contribution in [3.63, 3.8) is 0 Å². The van der Waals surface area contributed by atoms with Gasteiger partial charge in [-0.05, 0) is 29.8 Å². The molecule has 0 atom stereocenters. The third kappa shape index (κ3) is 4.87. The van der Waals surface area contributed by atoms with Crippen LogP contribution in [0.25, 0.3) is 12.2 Å². The molecule has 0 aliphatic rings. The number of rotatable bonds is 2. The molecule has 1 aromatic carbocycles. The molecular weight excluding hydrogens is 314 g/mol. The normalized spacial score (nSPS) is 10.3. The molecule has 0 saturated heterocycles. The molecule has 0 bridgehead atoms. The molecule has 0 aliphatic carbocycles. The molecular formula is C12H7Cl2KN2S. The van der Waals surface area contributed by atoms with E-state index in [-0.39, 0.29) is 51.4 Å². The number of hydrogen-bond acceptors (Lipinski definition) is 3. The predicted octanol–water partition coefficient (Wildman–Crippen LogP) is 0.864. The van der Waals surface area contributed by atoms with Crippen LogP contribution < -0.4 is 51.4 Å². The molecule has 0 spiro atoms. The zero-order valence-corrected chi connectivity index (χ0v) is 15.1. The van der Waals surface area contributed by atoms with E-state index in [2.05, 4.69) is 9.97 Å². The van der Waals surface area contributed by atoms with Gasteiger partial charge in [-0.3, -0.25) is 9.97 Å². The van der Waals surface area contributed by atoms with Crippen molar-refractivity contribution >= 4 is 48.0 Å². The molecule has 0 fully saturated rings. The summed E-state index contributed by atoms with van der Waals surface area (Å²) in [5.74, 6) is 0. The van der Waals surface area contributed by atoms with Gasteiger partial charge in [-0.2, -0.15) is 0 Å². The molecule has 2 rings (SSSR count). The molecule has 1 aromatic heterocycles. The summed E-state index contributed by atoms with van der Waals surface area (Å²) in [6.07, 6.45) is 5.31. The average molecular weight is 321 g/mol. The summed E-state index contributed by atoms with van der Waals surface area (Å²) >= 11 is 16.7. The van der Waals surface area contributed by atoms with E-state index in [0.29, 0.717) is 15.2 Å². The predicted molar refractivity (Wildman–Crippen MR) is 73.1 cm³/mol. The van der Waals surface area contributed by atoms with Gasteiger partial charge in [-0.25, -0.2) is 0 Å². The third-order valence-electron chi connectivity index (χ3n) is 2.05. The summed E-state index contributed by atoms with van der Waals surface area (Å²) in [5.41, 5.74) is 1.62. The van der Waals surface area contributed by atoms with Crippen LogP contribution in [0.2, 0.25) is 10.0 Å². The molecule has 6 heteroatoms. The third-order valence-corrected chi connectivity index (χ3v) is 2.81. The first kappa shape index (κ1) is 16.5. The van der Waals surface area contributed by atoms with Crippen LogP contribution in [0, 0.1) is 0 Å². The van der Waals surface area contributed by atoms with Crippen molar-refractivity contribution < 1.29 is 51.4 Å². The van der Waals surface area contributed by atoms with E-state index in [4.69, 9.17) is 35.8 Å². The van der Waals surface area contributed by atoms with Crippen LogP contribution >= 0.6 is 23.2 Å². The second kappa shape index (κ2) is 7.92. The Labute approximate surface area is 164 Å². The zero-order valence-electron chi connectivity index (χ0n) is 9.60. The van der Waals surface area contributed by atoms with Gasteiger partial charge in [0, 0.05) is 21.4 Å². The fourth-order valence-corrected chi connectivity index (χ4v) is 1.90. The first-order chi connectivity index (χ1) is 8.15. The number of benzene rings is 1.